The van der Waals surface area contributed by atoms with E-state index in [0.717, 1.165) is 55.2 Å². The van der Waals surface area contributed by atoms with E-state index in [9.17, 15) is 40.7 Å². The van der Waals surface area contributed by atoms with Crippen LogP contribution in [0, 0.1) is 6.42 Å². The maximum Gasteiger partial charge on any atom is 0.0864 e. The van der Waals surface area contributed by atoms with E-state index in [2.05, 4.69) is 20.8 Å². The second-order valence-electron chi connectivity index (χ2n) is 18.4. The maximum absolute atomic E-state index is 11.6. The standard InChI is InChI=1S/3C18H29O3S.C3H7.Ti/c3*1-2-3-4-5-6-7-8-9-10-11-12-16-13-14-18(22(20)21)17(19)15-16;1-3-2;/h3*13-15H,2-12H2,1H3,(H,20,21);3H,1-2H3;/q4*-1;/p-3. The van der Waals surface area contributed by atoms with Crippen molar-refractivity contribution in [2.24, 2.45) is 0 Å². The van der Waals surface area contributed by atoms with E-state index in [1.165, 1.54) is 210 Å². The van der Waals surface area contributed by atoms with Gasteiger partial charge in [-0.05, 0) is 14.7 Å². The molecule has 9 nitrogen and oxygen atoms in total. The van der Waals surface area contributed by atoms with Crippen molar-refractivity contribution in [3.63, 3.8) is 0 Å². The molecule has 0 bridgehead atoms. The van der Waals surface area contributed by atoms with Gasteiger partial charge in [0.05, 0.1) is 16.3 Å². The van der Waals surface area contributed by atoms with Crippen LogP contribution in [0.5, 0.6) is 0 Å². The van der Waals surface area contributed by atoms with Crippen LogP contribution < -0.4 is 16.3 Å². The van der Waals surface area contributed by atoms with Gasteiger partial charge in [0, 0.05) is 21.7 Å². The fourth-order valence-electron chi connectivity index (χ4n) is 7.99. The molecule has 70 heavy (non-hydrogen) atoms. The predicted octanol–water partition coefficient (Wildman–Crippen LogP) is 14.6. The SMILES string of the molecule is CCCCCCCCCCCCc1ccc(S(=O)[O-])c(=O)[cH-]1.CCCCCCCCCCCCc1ccc(S(=O)[O-])c(=O)[cH-]1.CCCCCCCCCCCCc1ccc(S(=O)[O-])c(=O)[cH-]1.C[CH-]C.[Ti]. The molecule has 13 heteroatoms. The number of hydrogen-bond acceptors (Lipinski definition) is 9. The number of benzene rings is 3. The van der Waals surface area contributed by atoms with Crippen LogP contribution in [0.4, 0.5) is 0 Å². The van der Waals surface area contributed by atoms with Gasteiger partial charge in [-0.2, -0.15) is 66.9 Å². The molecule has 0 amide bonds. The third kappa shape index (κ3) is 38.7. The maximum atomic E-state index is 11.6. The second kappa shape index (κ2) is 49.3. The van der Waals surface area contributed by atoms with Gasteiger partial charge < -0.3 is 34.5 Å². The summed E-state index contributed by atoms with van der Waals surface area (Å²) in [6.07, 6.45) is 43.2. The smallest absolute Gasteiger partial charge is 0.0864 e. The number of rotatable bonds is 36. The Balaban J connectivity index is 0. The Morgan fingerprint density at radius 2 is 0.529 bits per heavy atom. The topological polar surface area (TPSA) is 172 Å². The summed E-state index contributed by atoms with van der Waals surface area (Å²) in [5, 5.41) is 0. The van der Waals surface area contributed by atoms with Gasteiger partial charge in [-0.15, -0.1) is 18.2 Å². The van der Waals surface area contributed by atoms with E-state index in [0.29, 0.717) is 0 Å². The molecular formula is C57H91O9S3Ti-7. The van der Waals surface area contributed by atoms with Crippen molar-refractivity contribution in [3.8, 4) is 0 Å². The first-order chi connectivity index (χ1) is 33.4. The molecule has 3 unspecified atom stereocenters. The molecule has 0 fully saturated rings. The average Bonchev–Trinajstić information content (AvgIpc) is 3.31. The fraction of sp³-hybridized carbons (Fsp3) is 0.667. The number of unbranched alkanes of at least 4 members (excludes halogenated alkanes) is 27. The van der Waals surface area contributed by atoms with E-state index in [-0.39, 0.29) is 36.4 Å². The van der Waals surface area contributed by atoms with Crippen molar-refractivity contribution in [1.29, 1.82) is 0 Å². The van der Waals surface area contributed by atoms with Gasteiger partial charge >= 0.3 is 0 Å². The van der Waals surface area contributed by atoms with E-state index < -0.39 is 49.5 Å². The van der Waals surface area contributed by atoms with E-state index in [1.807, 2.05) is 20.3 Å². The van der Waals surface area contributed by atoms with Gasteiger partial charge in [0.2, 0.25) is 0 Å². The largest absolute Gasteiger partial charge is 0.779 e. The van der Waals surface area contributed by atoms with Gasteiger partial charge in [0.25, 0.3) is 0 Å². The molecule has 0 aliphatic carbocycles. The molecule has 0 heterocycles. The van der Waals surface area contributed by atoms with Crippen LogP contribution in [0.25, 0.3) is 0 Å². The Hall–Kier alpha value is -1.90. The summed E-state index contributed by atoms with van der Waals surface area (Å²) in [7, 11) is 0. The summed E-state index contributed by atoms with van der Waals surface area (Å²) in [4.78, 5) is 34.3. The molecule has 0 aromatic heterocycles. The molecule has 0 spiro atoms. The molecule has 0 radical (unpaired) electrons. The summed E-state index contributed by atoms with van der Waals surface area (Å²) in [5.41, 5.74) is 1.66. The minimum atomic E-state index is -2.43. The minimum Gasteiger partial charge on any atom is -0.779 e. The van der Waals surface area contributed by atoms with Crippen molar-refractivity contribution in [2.45, 2.75) is 261 Å². The first kappa shape index (κ1) is 70.2. The third-order valence-electron chi connectivity index (χ3n) is 12.0. The molecule has 0 aliphatic rings. The minimum absolute atomic E-state index is 0. The molecule has 3 rings (SSSR count). The van der Waals surface area contributed by atoms with Crippen molar-refractivity contribution < 1.29 is 48.0 Å². The quantitative estimate of drug-likeness (QED) is 0.0238. The Bertz CT molecular complexity index is 1720. The first-order valence-electron chi connectivity index (χ1n) is 26.8. The first-order valence-corrected chi connectivity index (χ1v) is 30.0. The molecule has 3 atom stereocenters. The van der Waals surface area contributed by atoms with Crippen LogP contribution in [0.2, 0.25) is 0 Å². The summed E-state index contributed by atoms with van der Waals surface area (Å²) in [6, 6.07) is 13.9. The molecule has 0 saturated carbocycles. The van der Waals surface area contributed by atoms with Crippen molar-refractivity contribution >= 4 is 33.2 Å². The summed E-state index contributed by atoms with van der Waals surface area (Å²) < 4.78 is 64.7. The van der Waals surface area contributed by atoms with Crippen molar-refractivity contribution in [2.75, 3.05) is 0 Å². The summed E-state index contributed by atoms with van der Waals surface area (Å²) >= 11 is -7.28. The predicted molar refractivity (Wildman–Crippen MR) is 289 cm³/mol. The normalized spacial score (nSPS) is 12.0. The van der Waals surface area contributed by atoms with Crippen molar-refractivity contribution in [1.82, 2.24) is 0 Å². The Morgan fingerprint density at radius 1 is 0.357 bits per heavy atom. The zero-order valence-corrected chi connectivity index (χ0v) is 48.0. The molecule has 3 aromatic rings. The Morgan fingerprint density at radius 3 is 0.686 bits per heavy atom. The molecule has 3 aromatic carbocycles. The van der Waals surface area contributed by atoms with Crippen LogP contribution >= 0.6 is 0 Å². The summed E-state index contributed by atoms with van der Waals surface area (Å²) in [5.74, 6) is 0. The van der Waals surface area contributed by atoms with Crippen LogP contribution in [-0.2, 0) is 74.2 Å². The second-order valence-corrected chi connectivity index (χ2v) is 21.1. The Labute approximate surface area is 447 Å². The number of aryl methyl sites for hydroxylation is 3. The van der Waals surface area contributed by atoms with Gasteiger partial charge in [-0.3, -0.25) is 12.6 Å². The molecule has 402 valence electrons. The van der Waals surface area contributed by atoms with E-state index in [1.54, 1.807) is 18.2 Å². The monoisotopic (exact) mass is 1060 g/mol. The molecular weight excluding hydrogens is 973 g/mol. The van der Waals surface area contributed by atoms with Crippen molar-refractivity contribution in [3.05, 3.63) is 108 Å². The van der Waals surface area contributed by atoms with E-state index >= 15 is 0 Å². The molecule has 0 N–H and O–H groups in total. The van der Waals surface area contributed by atoms with Gasteiger partial charge in [-0.1, -0.05) is 266 Å². The van der Waals surface area contributed by atoms with Crippen LogP contribution in [-0.4, -0.2) is 26.3 Å². The fourth-order valence-corrected chi connectivity index (χ4v) is 9.19. The van der Waals surface area contributed by atoms with Crippen LogP contribution in [0.15, 0.2) is 83.7 Å². The zero-order chi connectivity index (χ0) is 51.3. The van der Waals surface area contributed by atoms with E-state index in [4.69, 9.17) is 0 Å². The van der Waals surface area contributed by atoms with Gasteiger partial charge in [0.1, 0.15) is 0 Å². The van der Waals surface area contributed by atoms with Crippen LogP contribution in [0.1, 0.15) is 244 Å². The van der Waals surface area contributed by atoms with Crippen LogP contribution in [0.3, 0.4) is 0 Å². The zero-order valence-electron chi connectivity index (χ0n) is 44.0. The molecule has 0 saturated heterocycles. The molecule has 0 aliphatic heterocycles. The third-order valence-corrected chi connectivity index (χ3v) is 14.1. The number of hydrogen-bond donors (Lipinski definition) is 0. The average molecular weight is 1060 g/mol. The summed E-state index contributed by atoms with van der Waals surface area (Å²) in [6.45, 7) is 10.7. The van der Waals surface area contributed by atoms with Gasteiger partial charge in [-0.25, -0.2) is 0 Å². The Kier molecular flexibility index (Phi) is 49.5. The van der Waals surface area contributed by atoms with Gasteiger partial charge in [0.15, 0.2) is 0 Å².